The summed E-state index contributed by atoms with van der Waals surface area (Å²) in [5.74, 6) is 0.270. The summed E-state index contributed by atoms with van der Waals surface area (Å²) in [6.07, 6.45) is 4.06. The van der Waals surface area contributed by atoms with Gasteiger partial charge in [-0.2, -0.15) is 0 Å². The van der Waals surface area contributed by atoms with Crippen molar-refractivity contribution in [3.05, 3.63) is 34.9 Å². The van der Waals surface area contributed by atoms with Gasteiger partial charge in [0.05, 0.1) is 6.04 Å². The largest absolute Gasteiger partial charge is 0.335 e. The zero-order valence-corrected chi connectivity index (χ0v) is 14.6. The molecule has 0 bridgehead atoms. The van der Waals surface area contributed by atoms with Gasteiger partial charge < -0.3 is 10.2 Å². The fraction of sp³-hybridized carbons (Fsp3) is 0.588. The molecule has 0 saturated carbocycles. The van der Waals surface area contributed by atoms with Crippen LogP contribution in [-0.4, -0.2) is 30.4 Å². The molecule has 0 aromatic heterocycles. The van der Waals surface area contributed by atoms with Crippen LogP contribution in [0.1, 0.15) is 44.2 Å². The van der Waals surface area contributed by atoms with Gasteiger partial charge in [0, 0.05) is 18.0 Å². The Bertz CT molecular complexity index is 529. The summed E-state index contributed by atoms with van der Waals surface area (Å²) in [5.41, 5.74) is 1.37. The second-order valence-electron chi connectivity index (χ2n) is 6.47. The number of nitrogens with zero attached hydrogens (tertiary/aromatic N) is 1. The molecule has 1 N–H and O–H groups in total. The number of piperidine rings is 2. The lowest BCUT2D eigenvalue weighted by Crippen LogP contribution is -2.51. The van der Waals surface area contributed by atoms with Crippen molar-refractivity contribution in [3.63, 3.8) is 0 Å². The molecule has 0 radical (unpaired) electrons. The third kappa shape index (κ3) is 3.42. The van der Waals surface area contributed by atoms with E-state index in [1.165, 1.54) is 12.8 Å². The van der Waals surface area contributed by atoms with Gasteiger partial charge in [-0.15, -0.1) is 12.4 Å². The highest BCUT2D eigenvalue weighted by Gasteiger charge is 2.41. The van der Waals surface area contributed by atoms with E-state index in [1.54, 1.807) is 0 Å². The van der Waals surface area contributed by atoms with Gasteiger partial charge in [0.15, 0.2) is 0 Å². The molecule has 2 aliphatic rings. The van der Waals surface area contributed by atoms with Crippen molar-refractivity contribution < 1.29 is 4.79 Å². The van der Waals surface area contributed by atoms with Gasteiger partial charge >= 0.3 is 0 Å². The van der Waals surface area contributed by atoms with Crippen molar-refractivity contribution >= 4 is 29.9 Å². The van der Waals surface area contributed by atoms with Crippen molar-refractivity contribution in [1.29, 1.82) is 0 Å². The smallest absolute Gasteiger partial charge is 0.223 e. The first kappa shape index (κ1) is 17.6. The van der Waals surface area contributed by atoms with Crippen LogP contribution in [0.5, 0.6) is 0 Å². The molecule has 1 atom stereocenters. The Hall–Kier alpha value is -0.770. The first-order valence-corrected chi connectivity index (χ1v) is 8.24. The number of nitrogens with one attached hydrogen (secondary N) is 1. The number of rotatable bonds is 2. The minimum atomic E-state index is 0. The molecule has 1 amide bonds. The van der Waals surface area contributed by atoms with Crippen LogP contribution in [0, 0.1) is 5.41 Å². The summed E-state index contributed by atoms with van der Waals surface area (Å²) < 4.78 is 0. The number of benzene rings is 1. The highest BCUT2D eigenvalue weighted by Crippen LogP contribution is 2.41. The molecule has 1 spiro atoms. The first-order valence-electron chi connectivity index (χ1n) is 7.86. The number of carbonyl (C=O) groups excluding carboxylic acids is 1. The maximum Gasteiger partial charge on any atom is 0.223 e. The third-order valence-corrected chi connectivity index (χ3v) is 5.53. The minimum absolute atomic E-state index is 0. The van der Waals surface area contributed by atoms with Crippen molar-refractivity contribution in [2.75, 3.05) is 19.6 Å². The summed E-state index contributed by atoms with van der Waals surface area (Å²) in [6.45, 7) is 5.12. The number of likely N-dealkylation sites (tertiary alicyclic amines) is 1. The summed E-state index contributed by atoms with van der Waals surface area (Å²) in [7, 11) is 0. The van der Waals surface area contributed by atoms with Gasteiger partial charge in [0.1, 0.15) is 0 Å². The molecule has 2 saturated heterocycles. The van der Waals surface area contributed by atoms with E-state index in [-0.39, 0.29) is 24.4 Å². The van der Waals surface area contributed by atoms with Crippen molar-refractivity contribution in [1.82, 2.24) is 10.2 Å². The molecule has 1 aromatic rings. The molecule has 1 unspecified atom stereocenters. The summed E-state index contributed by atoms with van der Waals surface area (Å²) >= 11 is 6.32. The van der Waals surface area contributed by atoms with Gasteiger partial charge in [-0.25, -0.2) is 0 Å². The van der Waals surface area contributed by atoms with E-state index in [0.717, 1.165) is 36.6 Å². The maximum absolute atomic E-state index is 12.4. The lowest BCUT2D eigenvalue weighted by molar-refractivity contribution is -0.141. The molecule has 1 aromatic carbocycles. The lowest BCUT2D eigenvalue weighted by atomic mass is 9.72. The second kappa shape index (κ2) is 7.20. The molecule has 2 aliphatic heterocycles. The van der Waals surface area contributed by atoms with E-state index in [1.807, 2.05) is 24.3 Å². The monoisotopic (exact) mass is 342 g/mol. The normalized spacial score (nSPS) is 22.3. The molecule has 2 heterocycles. The number of halogens is 2. The van der Waals surface area contributed by atoms with Crippen molar-refractivity contribution in [2.24, 2.45) is 5.41 Å². The number of amides is 1. The fourth-order valence-electron chi connectivity index (χ4n) is 3.74. The average molecular weight is 343 g/mol. The number of hydrogen-bond donors (Lipinski definition) is 1. The average Bonchev–Trinajstić information content (AvgIpc) is 2.51. The SMILES string of the molecule is CC(c1ccccc1Cl)N1CC2(CCNCC2)CCC1=O.Cl. The molecule has 3 rings (SSSR count). The Labute approximate surface area is 143 Å². The number of carbonyl (C=O) groups is 1. The standard InChI is InChI=1S/C17H23ClN2O.ClH/c1-13(14-4-2-3-5-15(14)18)20-12-17(7-6-16(20)21)8-10-19-11-9-17;/h2-5,13,19H,6-12H2,1H3;1H. The summed E-state index contributed by atoms with van der Waals surface area (Å²) in [5, 5.41) is 4.18. The van der Waals surface area contributed by atoms with E-state index in [4.69, 9.17) is 11.6 Å². The van der Waals surface area contributed by atoms with Crippen molar-refractivity contribution in [2.45, 2.75) is 38.6 Å². The van der Waals surface area contributed by atoms with Crippen molar-refractivity contribution in [3.8, 4) is 0 Å². The zero-order valence-electron chi connectivity index (χ0n) is 13.0. The Morgan fingerprint density at radius 2 is 1.91 bits per heavy atom. The highest BCUT2D eigenvalue weighted by molar-refractivity contribution is 6.31. The van der Waals surface area contributed by atoms with E-state index in [2.05, 4.69) is 17.1 Å². The molecule has 5 heteroatoms. The predicted octanol–water partition coefficient (Wildman–Crippen LogP) is 3.82. The first-order chi connectivity index (χ1) is 10.1. The van der Waals surface area contributed by atoms with Gasteiger partial charge in [0.2, 0.25) is 5.91 Å². The lowest BCUT2D eigenvalue weighted by Gasteiger charge is -2.47. The molecule has 122 valence electrons. The Balaban J connectivity index is 0.00000176. The molecular formula is C17H24Cl2N2O. The van der Waals surface area contributed by atoms with Gasteiger partial charge in [-0.1, -0.05) is 29.8 Å². The number of hydrogen-bond acceptors (Lipinski definition) is 2. The molecule has 3 nitrogen and oxygen atoms in total. The molecule has 22 heavy (non-hydrogen) atoms. The Morgan fingerprint density at radius 1 is 1.23 bits per heavy atom. The van der Waals surface area contributed by atoms with Crippen LogP contribution < -0.4 is 5.32 Å². The summed E-state index contributed by atoms with van der Waals surface area (Å²) in [6, 6.07) is 7.92. The minimum Gasteiger partial charge on any atom is -0.335 e. The molecule has 0 aliphatic carbocycles. The topological polar surface area (TPSA) is 32.3 Å². The van der Waals surface area contributed by atoms with Crippen LogP contribution in [-0.2, 0) is 4.79 Å². The second-order valence-corrected chi connectivity index (χ2v) is 6.88. The van der Waals surface area contributed by atoms with Crippen LogP contribution in [0.25, 0.3) is 0 Å². The fourth-order valence-corrected chi connectivity index (χ4v) is 4.04. The van der Waals surface area contributed by atoms with E-state index >= 15 is 0 Å². The zero-order chi connectivity index (χ0) is 14.9. The van der Waals surface area contributed by atoms with Crippen LogP contribution >= 0.6 is 24.0 Å². The predicted molar refractivity (Wildman–Crippen MR) is 92.6 cm³/mol. The van der Waals surface area contributed by atoms with Crippen LogP contribution in [0.2, 0.25) is 5.02 Å². The quantitative estimate of drug-likeness (QED) is 0.886. The van der Waals surface area contributed by atoms with Crippen LogP contribution in [0.3, 0.4) is 0 Å². The third-order valence-electron chi connectivity index (χ3n) is 5.18. The Morgan fingerprint density at radius 3 is 2.59 bits per heavy atom. The van der Waals surface area contributed by atoms with Gasteiger partial charge in [0.25, 0.3) is 0 Å². The van der Waals surface area contributed by atoms with Crippen LogP contribution in [0.15, 0.2) is 24.3 Å². The Kier molecular flexibility index (Phi) is 5.76. The van der Waals surface area contributed by atoms with Crippen LogP contribution in [0.4, 0.5) is 0 Å². The van der Waals surface area contributed by atoms with E-state index in [9.17, 15) is 4.79 Å². The summed E-state index contributed by atoms with van der Waals surface area (Å²) in [4.78, 5) is 14.5. The van der Waals surface area contributed by atoms with Gasteiger partial charge in [-0.3, -0.25) is 4.79 Å². The molecular weight excluding hydrogens is 319 g/mol. The van der Waals surface area contributed by atoms with Gasteiger partial charge in [-0.05, 0) is 56.3 Å². The van der Waals surface area contributed by atoms with E-state index in [0.29, 0.717) is 11.8 Å². The molecule has 2 fully saturated rings. The van der Waals surface area contributed by atoms with E-state index < -0.39 is 0 Å². The maximum atomic E-state index is 12.4. The highest BCUT2D eigenvalue weighted by atomic mass is 35.5.